The van der Waals surface area contributed by atoms with Gasteiger partial charge < -0.3 is 10.2 Å². The monoisotopic (exact) mass is 340 g/mol. The number of aromatic nitrogens is 2. The number of nitrogens with one attached hydrogen (secondary N) is 1. The summed E-state index contributed by atoms with van der Waals surface area (Å²) in [6, 6.07) is 7.56. The minimum atomic E-state index is -0.204. The molecule has 2 heterocycles. The van der Waals surface area contributed by atoms with E-state index in [0.29, 0.717) is 36.6 Å². The Bertz CT molecular complexity index is 767. The molecule has 2 aromatic rings. The van der Waals surface area contributed by atoms with Crippen LogP contribution in [0.2, 0.25) is 0 Å². The summed E-state index contributed by atoms with van der Waals surface area (Å²) in [6.07, 6.45) is 3.65. The zero-order chi connectivity index (χ0) is 17.8. The molecular weight excluding hydrogens is 316 g/mol. The van der Waals surface area contributed by atoms with E-state index in [-0.39, 0.29) is 17.9 Å². The molecule has 6 nitrogen and oxygen atoms in total. The molecule has 1 aliphatic heterocycles. The van der Waals surface area contributed by atoms with Crippen LogP contribution in [0, 0.1) is 5.92 Å². The molecule has 25 heavy (non-hydrogen) atoms. The predicted molar refractivity (Wildman–Crippen MR) is 96.1 cm³/mol. The van der Waals surface area contributed by atoms with Crippen LogP contribution in [-0.2, 0) is 4.79 Å². The van der Waals surface area contributed by atoms with Gasteiger partial charge in [0, 0.05) is 25.6 Å². The first kappa shape index (κ1) is 17.3. The number of fused-ring (bicyclic) bond motifs is 1. The van der Waals surface area contributed by atoms with Gasteiger partial charge in [0.2, 0.25) is 5.91 Å². The summed E-state index contributed by atoms with van der Waals surface area (Å²) in [5.74, 6) is 0.377. The number of rotatable bonds is 4. The molecule has 0 unspecified atom stereocenters. The average molecular weight is 340 g/mol. The number of likely N-dealkylation sites (tertiary alicyclic amines) is 1. The zero-order valence-corrected chi connectivity index (χ0v) is 14.7. The van der Waals surface area contributed by atoms with E-state index in [1.54, 1.807) is 0 Å². The summed E-state index contributed by atoms with van der Waals surface area (Å²) in [6.45, 7) is 5.49. The molecule has 1 N–H and O–H groups in total. The number of para-hydroxylation sites is 2. The number of amides is 2. The summed E-state index contributed by atoms with van der Waals surface area (Å²) in [5.41, 5.74) is 1.82. The van der Waals surface area contributed by atoms with Crippen LogP contribution in [0.5, 0.6) is 0 Å². The quantitative estimate of drug-likeness (QED) is 0.927. The minimum Gasteiger partial charge on any atom is -0.348 e. The lowest BCUT2D eigenvalue weighted by atomic mass is 10.0. The third kappa shape index (κ3) is 4.32. The van der Waals surface area contributed by atoms with Crippen molar-refractivity contribution in [1.82, 2.24) is 20.2 Å². The van der Waals surface area contributed by atoms with Crippen LogP contribution < -0.4 is 5.32 Å². The van der Waals surface area contributed by atoms with Crippen LogP contribution in [0.15, 0.2) is 30.5 Å². The second-order valence-corrected chi connectivity index (χ2v) is 6.97. The smallest absolute Gasteiger partial charge is 0.271 e. The molecule has 0 spiro atoms. The number of carbonyl (C=O) groups is 2. The lowest BCUT2D eigenvalue weighted by molar-refractivity contribution is -0.133. The Labute approximate surface area is 147 Å². The molecule has 3 rings (SSSR count). The molecule has 1 aromatic carbocycles. The van der Waals surface area contributed by atoms with Gasteiger partial charge >= 0.3 is 0 Å². The maximum absolute atomic E-state index is 12.4. The number of benzene rings is 1. The first-order valence-corrected chi connectivity index (χ1v) is 8.83. The van der Waals surface area contributed by atoms with Crippen molar-refractivity contribution in [3.05, 3.63) is 36.2 Å². The number of nitrogens with zero attached hydrogens (tertiary/aromatic N) is 3. The van der Waals surface area contributed by atoms with E-state index in [2.05, 4.69) is 29.1 Å². The number of hydrogen-bond donors (Lipinski definition) is 1. The molecule has 1 aromatic heterocycles. The van der Waals surface area contributed by atoms with Gasteiger partial charge in [-0.25, -0.2) is 4.98 Å². The predicted octanol–water partition coefficient (Wildman–Crippen LogP) is 2.40. The van der Waals surface area contributed by atoms with E-state index in [1.165, 1.54) is 6.20 Å². The van der Waals surface area contributed by atoms with Crippen LogP contribution in [0.3, 0.4) is 0 Å². The first-order chi connectivity index (χ1) is 12.0. The average Bonchev–Trinajstić information content (AvgIpc) is 2.61. The Kier molecular flexibility index (Phi) is 5.26. The summed E-state index contributed by atoms with van der Waals surface area (Å²) in [7, 11) is 0. The largest absolute Gasteiger partial charge is 0.348 e. The van der Waals surface area contributed by atoms with Gasteiger partial charge in [-0.15, -0.1) is 0 Å². The fraction of sp³-hybridized carbons (Fsp3) is 0.474. The summed E-state index contributed by atoms with van der Waals surface area (Å²) >= 11 is 0. The molecule has 6 heteroatoms. The Morgan fingerprint density at radius 2 is 1.88 bits per heavy atom. The van der Waals surface area contributed by atoms with Crippen molar-refractivity contribution < 1.29 is 9.59 Å². The normalized spacial score (nSPS) is 15.6. The topological polar surface area (TPSA) is 75.2 Å². The number of hydrogen-bond acceptors (Lipinski definition) is 4. The first-order valence-electron chi connectivity index (χ1n) is 8.83. The van der Waals surface area contributed by atoms with Crippen molar-refractivity contribution in [2.24, 2.45) is 5.92 Å². The molecule has 0 atom stereocenters. The van der Waals surface area contributed by atoms with Crippen molar-refractivity contribution in [2.45, 2.75) is 39.2 Å². The van der Waals surface area contributed by atoms with E-state index in [1.807, 2.05) is 29.2 Å². The van der Waals surface area contributed by atoms with Crippen LogP contribution in [-0.4, -0.2) is 45.8 Å². The maximum atomic E-state index is 12.4. The molecule has 0 aliphatic carbocycles. The summed E-state index contributed by atoms with van der Waals surface area (Å²) in [4.78, 5) is 35.1. The van der Waals surface area contributed by atoms with E-state index >= 15 is 0 Å². The lowest BCUT2D eigenvalue weighted by Crippen LogP contribution is -2.46. The van der Waals surface area contributed by atoms with Gasteiger partial charge in [0.05, 0.1) is 17.2 Å². The van der Waals surface area contributed by atoms with Crippen LogP contribution >= 0.6 is 0 Å². The van der Waals surface area contributed by atoms with Crippen LogP contribution in [0.25, 0.3) is 11.0 Å². The molecule has 1 aliphatic rings. The Morgan fingerprint density at radius 1 is 1.20 bits per heavy atom. The van der Waals surface area contributed by atoms with Gasteiger partial charge in [-0.3, -0.25) is 14.6 Å². The van der Waals surface area contributed by atoms with E-state index in [4.69, 9.17) is 0 Å². The van der Waals surface area contributed by atoms with E-state index in [0.717, 1.165) is 18.4 Å². The highest BCUT2D eigenvalue weighted by Gasteiger charge is 2.24. The van der Waals surface area contributed by atoms with Crippen molar-refractivity contribution >= 4 is 22.8 Å². The second kappa shape index (κ2) is 7.59. The summed E-state index contributed by atoms with van der Waals surface area (Å²) in [5, 5.41) is 3.02. The van der Waals surface area contributed by atoms with Gasteiger partial charge in [0.15, 0.2) is 0 Å². The standard InChI is InChI=1S/C19H24N4O2/c1-13(2)11-18(24)23-9-7-14(8-10-23)21-19(25)17-12-20-15-5-3-4-6-16(15)22-17/h3-6,12-14H,7-11H2,1-2H3,(H,21,25). The van der Waals surface area contributed by atoms with Crippen molar-refractivity contribution in [3.63, 3.8) is 0 Å². The second-order valence-electron chi connectivity index (χ2n) is 6.97. The fourth-order valence-corrected chi connectivity index (χ4v) is 3.08. The highest BCUT2D eigenvalue weighted by molar-refractivity contribution is 5.93. The summed E-state index contributed by atoms with van der Waals surface area (Å²) < 4.78 is 0. The Morgan fingerprint density at radius 3 is 2.56 bits per heavy atom. The van der Waals surface area contributed by atoms with Gasteiger partial charge in [0.25, 0.3) is 5.91 Å². The van der Waals surface area contributed by atoms with Crippen molar-refractivity contribution in [2.75, 3.05) is 13.1 Å². The maximum Gasteiger partial charge on any atom is 0.271 e. The molecule has 1 fully saturated rings. The van der Waals surface area contributed by atoms with Crippen molar-refractivity contribution in [1.29, 1.82) is 0 Å². The highest BCUT2D eigenvalue weighted by Crippen LogP contribution is 2.14. The van der Waals surface area contributed by atoms with Crippen molar-refractivity contribution in [3.8, 4) is 0 Å². The van der Waals surface area contributed by atoms with Gasteiger partial charge in [-0.05, 0) is 30.9 Å². The third-order valence-electron chi connectivity index (χ3n) is 4.45. The van der Waals surface area contributed by atoms with Crippen LogP contribution in [0.1, 0.15) is 43.6 Å². The fourth-order valence-electron chi connectivity index (χ4n) is 3.08. The van der Waals surface area contributed by atoms with Gasteiger partial charge in [-0.1, -0.05) is 26.0 Å². The molecule has 0 radical (unpaired) electrons. The van der Waals surface area contributed by atoms with E-state index in [9.17, 15) is 9.59 Å². The molecule has 1 saturated heterocycles. The third-order valence-corrected chi connectivity index (χ3v) is 4.45. The van der Waals surface area contributed by atoms with Gasteiger partial charge in [-0.2, -0.15) is 0 Å². The number of carbonyl (C=O) groups excluding carboxylic acids is 2. The van der Waals surface area contributed by atoms with E-state index < -0.39 is 0 Å². The molecule has 2 amide bonds. The Balaban J connectivity index is 1.56. The van der Waals surface area contributed by atoms with Crippen LogP contribution in [0.4, 0.5) is 0 Å². The lowest BCUT2D eigenvalue weighted by Gasteiger charge is -2.32. The Hall–Kier alpha value is -2.50. The zero-order valence-electron chi connectivity index (χ0n) is 14.7. The molecular formula is C19H24N4O2. The highest BCUT2D eigenvalue weighted by atomic mass is 16.2. The number of piperidine rings is 1. The molecule has 0 saturated carbocycles. The SMILES string of the molecule is CC(C)CC(=O)N1CCC(NC(=O)c2cnc3ccccc3n2)CC1. The molecule has 132 valence electrons. The van der Waals surface area contributed by atoms with Gasteiger partial charge in [0.1, 0.15) is 5.69 Å². The molecule has 0 bridgehead atoms. The minimum absolute atomic E-state index is 0.0730.